The number of aromatic amines is 2. The SMILES string of the molecule is COc1ccc2[nH]c(C3CCN(CCCc4c[nH]c5ccc(C(N)=O)cc45)CC3)cc2c1. The number of rotatable bonds is 7. The number of aromatic nitrogens is 2. The molecule has 2 aromatic carbocycles. The quantitative estimate of drug-likeness (QED) is 0.401. The molecule has 32 heavy (non-hydrogen) atoms. The molecule has 6 nitrogen and oxygen atoms in total. The minimum atomic E-state index is -0.379. The first kappa shape index (κ1) is 20.6. The van der Waals surface area contributed by atoms with Crippen LogP contribution in [0.1, 0.15) is 46.8 Å². The van der Waals surface area contributed by atoms with Gasteiger partial charge in [-0.25, -0.2) is 0 Å². The second kappa shape index (κ2) is 8.71. The zero-order chi connectivity index (χ0) is 22.1. The number of nitrogens with one attached hydrogen (secondary N) is 2. The normalized spacial score (nSPS) is 15.5. The number of primary amides is 1. The van der Waals surface area contributed by atoms with Crippen LogP contribution in [0, 0.1) is 0 Å². The lowest BCUT2D eigenvalue weighted by Gasteiger charge is -2.31. The summed E-state index contributed by atoms with van der Waals surface area (Å²) in [6, 6.07) is 14.1. The number of piperidine rings is 1. The Morgan fingerprint density at radius 1 is 1.12 bits per heavy atom. The number of amides is 1. The Morgan fingerprint density at radius 3 is 2.72 bits per heavy atom. The summed E-state index contributed by atoms with van der Waals surface area (Å²) in [5.41, 5.74) is 10.9. The highest BCUT2D eigenvalue weighted by Crippen LogP contribution is 2.31. The van der Waals surface area contributed by atoms with Gasteiger partial charge in [-0.05, 0) is 93.3 Å². The molecule has 0 spiro atoms. The summed E-state index contributed by atoms with van der Waals surface area (Å²) in [5.74, 6) is 1.11. The highest BCUT2D eigenvalue weighted by atomic mass is 16.5. The number of ether oxygens (including phenoxy) is 1. The van der Waals surface area contributed by atoms with Crippen molar-refractivity contribution in [1.82, 2.24) is 14.9 Å². The van der Waals surface area contributed by atoms with Crippen molar-refractivity contribution in [3.8, 4) is 5.75 Å². The van der Waals surface area contributed by atoms with Crippen LogP contribution in [-0.2, 0) is 6.42 Å². The Morgan fingerprint density at radius 2 is 1.94 bits per heavy atom. The molecule has 5 rings (SSSR count). The van der Waals surface area contributed by atoms with Crippen LogP contribution in [0.2, 0.25) is 0 Å². The molecule has 4 N–H and O–H groups in total. The summed E-state index contributed by atoms with van der Waals surface area (Å²) in [5, 5.41) is 2.33. The molecule has 4 aromatic rings. The topological polar surface area (TPSA) is 87.1 Å². The number of carbonyl (C=O) groups is 1. The van der Waals surface area contributed by atoms with Gasteiger partial charge in [0.05, 0.1) is 7.11 Å². The van der Waals surface area contributed by atoms with Crippen molar-refractivity contribution in [3.05, 3.63) is 65.5 Å². The number of hydrogen-bond donors (Lipinski definition) is 3. The Balaban J connectivity index is 1.15. The molecule has 0 atom stereocenters. The molecular formula is C26H30N4O2. The first-order valence-corrected chi connectivity index (χ1v) is 11.4. The Kier molecular flexibility index (Phi) is 5.62. The van der Waals surface area contributed by atoms with Crippen LogP contribution in [0.5, 0.6) is 5.75 Å². The fraction of sp³-hybridized carbons (Fsp3) is 0.346. The fourth-order valence-corrected chi connectivity index (χ4v) is 4.98. The highest BCUT2D eigenvalue weighted by molar-refractivity contribution is 5.97. The maximum Gasteiger partial charge on any atom is 0.248 e. The molecule has 1 amide bonds. The molecule has 6 heteroatoms. The minimum Gasteiger partial charge on any atom is -0.497 e. The molecule has 1 saturated heterocycles. The van der Waals surface area contributed by atoms with Crippen molar-refractivity contribution in [2.75, 3.05) is 26.7 Å². The number of aryl methyl sites for hydroxylation is 1. The van der Waals surface area contributed by atoms with E-state index in [1.807, 2.05) is 18.2 Å². The van der Waals surface area contributed by atoms with Crippen molar-refractivity contribution in [2.45, 2.75) is 31.6 Å². The fourth-order valence-electron chi connectivity index (χ4n) is 4.98. The van der Waals surface area contributed by atoms with Gasteiger partial charge in [0.1, 0.15) is 5.75 Å². The molecular weight excluding hydrogens is 400 g/mol. The first-order valence-electron chi connectivity index (χ1n) is 11.4. The van der Waals surface area contributed by atoms with Crippen LogP contribution >= 0.6 is 0 Å². The monoisotopic (exact) mass is 430 g/mol. The van der Waals surface area contributed by atoms with E-state index in [0.717, 1.165) is 49.1 Å². The minimum absolute atomic E-state index is 0.379. The predicted octanol–water partition coefficient (Wildman–Crippen LogP) is 4.57. The smallest absolute Gasteiger partial charge is 0.248 e. The van der Waals surface area contributed by atoms with Gasteiger partial charge in [-0.3, -0.25) is 4.79 Å². The van der Waals surface area contributed by atoms with E-state index in [0.29, 0.717) is 11.5 Å². The zero-order valence-corrected chi connectivity index (χ0v) is 18.5. The molecule has 1 aliphatic heterocycles. The second-order valence-corrected chi connectivity index (χ2v) is 8.84. The number of H-pyrrole nitrogens is 2. The third kappa shape index (κ3) is 4.10. The first-order chi connectivity index (χ1) is 15.6. The van der Waals surface area contributed by atoms with Gasteiger partial charge in [-0.2, -0.15) is 0 Å². The van der Waals surface area contributed by atoms with E-state index in [9.17, 15) is 4.79 Å². The maximum absolute atomic E-state index is 11.5. The molecule has 0 unspecified atom stereocenters. The van der Waals surface area contributed by atoms with Gasteiger partial charge >= 0.3 is 0 Å². The second-order valence-electron chi connectivity index (χ2n) is 8.84. The standard InChI is InChI=1S/C26H30N4O2/c1-32-21-5-7-23-20(13-21)15-25(29-23)17-8-11-30(12-9-17)10-2-3-19-16-28-24-6-4-18(26(27)31)14-22(19)24/h4-7,13-17,28-29H,2-3,8-12H2,1H3,(H2,27,31). The zero-order valence-electron chi connectivity index (χ0n) is 18.5. The Labute approximate surface area is 187 Å². The number of carbonyl (C=O) groups excluding carboxylic acids is 1. The third-order valence-corrected chi connectivity index (χ3v) is 6.85. The van der Waals surface area contributed by atoms with Gasteiger partial charge < -0.3 is 25.3 Å². The van der Waals surface area contributed by atoms with Crippen molar-refractivity contribution < 1.29 is 9.53 Å². The molecule has 166 valence electrons. The highest BCUT2D eigenvalue weighted by Gasteiger charge is 2.22. The van der Waals surface area contributed by atoms with Gasteiger partial charge in [0.25, 0.3) is 0 Å². The largest absolute Gasteiger partial charge is 0.497 e. The van der Waals surface area contributed by atoms with Gasteiger partial charge in [-0.15, -0.1) is 0 Å². The lowest BCUT2D eigenvalue weighted by molar-refractivity contribution is 0.100. The molecule has 0 radical (unpaired) electrons. The number of nitrogens with two attached hydrogens (primary N) is 1. The van der Waals surface area contributed by atoms with Crippen LogP contribution in [0.25, 0.3) is 21.8 Å². The van der Waals surface area contributed by atoms with Gasteiger partial charge in [0, 0.05) is 45.2 Å². The van der Waals surface area contributed by atoms with Gasteiger partial charge in [-0.1, -0.05) is 0 Å². The Bertz CT molecular complexity index is 1250. The van der Waals surface area contributed by atoms with E-state index >= 15 is 0 Å². The number of nitrogens with zero attached hydrogens (tertiary/aromatic N) is 1. The summed E-state index contributed by atoms with van der Waals surface area (Å²) in [7, 11) is 1.71. The average molecular weight is 431 g/mol. The summed E-state index contributed by atoms with van der Waals surface area (Å²) in [6.45, 7) is 3.35. The van der Waals surface area contributed by atoms with E-state index in [4.69, 9.17) is 10.5 Å². The van der Waals surface area contributed by atoms with E-state index in [-0.39, 0.29) is 5.91 Å². The summed E-state index contributed by atoms with van der Waals surface area (Å²) in [6.07, 6.45) is 6.52. The summed E-state index contributed by atoms with van der Waals surface area (Å²) in [4.78, 5) is 21.0. The van der Waals surface area contributed by atoms with Crippen molar-refractivity contribution in [2.24, 2.45) is 5.73 Å². The van der Waals surface area contributed by atoms with Gasteiger partial charge in [0.2, 0.25) is 5.91 Å². The van der Waals surface area contributed by atoms with Crippen LogP contribution in [0.3, 0.4) is 0 Å². The molecule has 2 aromatic heterocycles. The van der Waals surface area contributed by atoms with Crippen LogP contribution in [-0.4, -0.2) is 47.5 Å². The third-order valence-electron chi connectivity index (χ3n) is 6.85. The molecule has 1 fully saturated rings. The van der Waals surface area contributed by atoms with Crippen LogP contribution < -0.4 is 10.5 Å². The molecule has 1 aliphatic rings. The molecule has 0 saturated carbocycles. The summed E-state index contributed by atoms with van der Waals surface area (Å²) >= 11 is 0. The van der Waals surface area contributed by atoms with Crippen molar-refractivity contribution in [1.29, 1.82) is 0 Å². The molecule has 3 heterocycles. The number of hydrogen-bond acceptors (Lipinski definition) is 3. The Hall–Kier alpha value is -3.25. The van der Waals surface area contributed by atoms with Crippen LogP contribution in [0.15, 0.2) is 48.7 Å². The predicted molar refractivity (Wildman–Crippen MR) is 128 cm³/mol. The van der Waals surface area contributed by atoms with Crippen molar-refractivity contribution in [3.63, 3.8) is 0 Å². The van der Waals surface area contributed by atoms with E-state index < -0.39 is 0 Å². The number of benzene rings is 2. The maximum atomic E-state index is 11.5. The van der Waals surface area contributed by atoms with Crippen molar-refractivity contribution >= 4 is 27.7 Å². The van der Waals surface area contributed by atoms with E-state index in [1.54, 1.807) is 13.2 Å². The number of methoxy groups -OCH3 is 1. The van der Waals surface area contributed by atoms with E-state index in [2.05, 4.69) is 39.3 Å². The molecule has 0 bridgehead atoms. The van der Waals surface area contributed by atoms with Crippen LogP contribution in [0.4, 0.5) is 0 Å². The number of fused-ring (bicyclic) bond motifs is 2. The molecule has 0 aliphatic carbocycles. The van der Waals surface area contributed by atoms with E-state index in [1.165, 1.54) is 35.0 Å². The average Bonchev–Trinajstić information content (AvgIpc) is 3.42. The van der Waals surface area contributed by atoms with Gasteiger partial charge in [0.15, 0.2) is 0 Å². The number of likely N-dealkylation sites (tertiary alicyclic amines) is 1. The summed E-state index contributed by atoms with van der Waals surface area (Å²) < 4.78 is 5.35. The lowest BCUT2D eigenvalue weighted by Crippen LogP contribution is -2.33. The lowest BCUT2D eigenvalue weighted by atomic mass is 9.93.